The number of hydrogen-bond acceptors (Lipinski definition) is 4. The summed E-state index contributed by atoms with van der Waals surface area (Å²) in [4.78, 5) is 28.5. The maximum atomic E-state index is 13.9. The number of benzene rings is 3. The van der Waals surface area contributed by atoms with Gasteiger partial charge in [0.05, 0.1) is 10.6 Å². The number of halogens is 2. The number of amides is 2. The van der Waals surface area contributed by atoms with E-state index >= 15 is 0 Å². The standard InChI is InChI=1S/C28H31BrIN3O4S/c1-20(27(35)31-28(2,3)4)32(18-21-9-8-10-22(29)17-21)26(34)19-33(24-15-13-23(30)14-16-24)38(36,37)25-11-6-5-7-12-25/h5-17,20H,18-19H2,1-4H3,(H,31,35)/t20-/m1/s1. The summed E-state index contributed by atoms with van der Waals surface area (Å²) >= 11 is 5.59. The molecule has 0 aromatic heterocycles. The number of sulfonamides is 1. The summed E-state index contributed by atoms with van der Waals surface area (Å²) in [7, 11) is -4.07. The van der Waals surface area contributed by atoms with Crippen LogP contribution in [-0.2, 0) is 26.2 Å². The lowest BCUT2D eigenvalue weighted by Gasteiger charge is -2.33. The minimum atomic E-state index is -4.07. The van der Waals surface area contributed by atoms with Gasteiger partial charge in [0.15, 0.2) is 0 Å². The van der Waals surface area contributed by atoms with Crippen molar-refractivity contribution in [1.29, 1.82) is 0 Å². The Bertz CT molecular complexity index is 1380. The van der Waals surface area contributed by atoms with Crippen molar-refractivity contribution in [3.63, 3.8) is 0 Å². The van der Waals surface area contributed by atoms with Crippen LogP contribution in [0, 0.1) is 3.57 Å². The van der Waals surface area contributed by atoms with E-state index in [1.165, 1.54) is 17.0 Å². The first-order valence-corrected chi connectivity index (χ1v) is 15.3. The quantitative estimate of drug-likeness (QED) is 0.294. The molecule has 0 heterocycles. The average molecular weight is 712 g/mol. The Morgan fingerprint density at radius 1 is 0.974 bits per heavy atom. The zero-order chi connectivity index (χ0) is 28.1. The van der Waals surface area contributed by atoms with Gasteiger partial charge in [-0.25, -0.2) is 8.42 Å². The maximum absolute atomic E-state index is 13.9. The monoisotopic (exact) mass is 711 g/mol. The van der Waals surface area contributed by atoms with Crippen molar-refractivity contribution in [2.24, 2.45) is 0 Å². The molecule has 1 N–H and O–H groups in total. The number of anilines is 1. The molecule has 38 heavy (non-hydrogen) atoms. The molecule has 0 spiro atoms. The summed E-state index contributed by atoms with van der Waals surface area (Å²) in [5.41, 5.74) is 0.659. The highest BCUT2D eigenvalue weighted by Crippen LogP contribution is 2.25. The molecule has 0 aliphatic rings. The first kappa shape index (κ1) is 30.1. The van der Waals surface area contributed by atoms with Crippen LogP contribution in [0.15, 0.2) is 88.2 Å². The van der Waals surface area contributed by atoms with Crippen LogP contribution < -0.4 is 9.62 Å². The lowest BCUT2D eigenvalue weighted by Crippen LogP contribution is -2.54. The van der Waals surface area contributed by atoms with Crippen molar-refractivity contribution < 1.29 is 18.0 Å². The van der Waals surface area contributed by atoms with Crippen LogP contribution in [-0.4, -0.2) is 43.3 Å². The molecule has 0 radical (unpaired) electrons. The highest BCUT2D eigenvalue weighted by atomic mass is 127. The summed E-state index contributed by atoms with van der Waals surface area (Å²) in [5, 5.41) is 2.92. The van der Waals surface area contributed by atoms with Crippen LogP contribution >= 0.6 is 38.5 Å². The molecule has 0 saturated carbocycles. The molecule has 1 atom stereocenters. The van der Waals surface area contributed by atoms with E-state index in [0.717, 1.165) is 17.9 Å². The number of carbonyl (C=O) groups is 2. The van der Waals surface area contributed by atoms with Gasteiger partial charge in [-0.2, -0.15) is 0 Å². The fourth-order valence-corrected chi connectivity index (χ4v) is 5.99. The molecule has 202 valence electrons. The van der Waals surface area contributed by atoms with Crippen LogP contribution in [0.1, 0.15) is 33.3 Å². The number of carbonyl (C=O) groups excluding carboxylic acids is 2. The van der Waals surface area contributed by atoms with Gasteiger partial charge in [-0.1, -0.05) is 46.3 Å². The van der Waals surface area contributed by atoms with E-state index in [0.29, 0.717) is 5.69 Å². The minimum Gasteiger partial charge on any atom is -0.350 e. The molecule has 0 aliphatic carbocycles. The second-order valence-electron chi connectivity index (χ2n) is 9.87. The summed E-state index contributed by atoms with van der Waals surface area (Å²) < 4.78 is 30.3. The predicted octanol–water partition coefficient (Wildman–Crippen LogP) is 5.58. The van der Waals surface area contributed by atoms with Crippen LogP contribution in [0.25, 0.3) is 0 Å². The smallest absolute Gasteiger partial charge is 0.264 e. The Balaban J connectivity index is 2.02. The summed E-state index contributed by atoms with van der Waals surface area (Å²) in [6.07, 6.45) is 0. The van der Waals surface area contributed by atoms with Gasteiger partial charge < -0.3 is 10.2 Å². The van der Waals surface area contributed by atoms with Gasteiger partial charge in [0.2, 0.25) is 11.8 Å². The molecule has 3 aromatic rings. The Hall–Kier alpha value is -2.44. The Morgan fingerprint density at radius 2 is 1.61 bits per heavy atom. The molecule has 3 rings (SSSR count). The van der Waals surface area contributed by atoms with E-state index < -0.39 is 34.1 Å². The van der Waals surface area contributed by atoms with Gasteiger partial charge in [-0.3, -0.25) is 13.9 Å². The van der Waals surface area contributed by atoms with Gasteiger partial charge in [0.25, 0.3) is 10.0 Å². The van der Waals surface area contributed by atoms with E-state index in [-0.39, 0.29) is 17.3 Å². The fraction of sp³-hybridized carbons (Fsp3) is 0.286. The zero-order valence-corrected chi connectivity index (χ0v) is 26.2. The molecule has 7 nitrogen and oxygen atoms in total. The predicted molar refractivity (Wildman–Crippen MR) is 162 cm³/mol. The third-order valence-electron chi connectivity index (χ3n) is 5.63. The normalized spacial score (nSPS) is 12.5. The van der Waals surface area contributed by atoms with E-state index in [1.54, 1.807) is 49.4 Å². The molecule has 0 unspecified atom stereocenters. The van der Waals surface area contributed by atoms with Gasteiger partial charge in [0.1, 0.15) is 12.6 Å². The van der Waals surface area contributed by atoms with Crippen molar-refractivity contribution in [3.8, 4) is 0 Å². The Kier molecular flexibility index (Phi) is 9.99. The van der Waals surface area contributed by atoms with Crippen molar-refractivity contribution in [3.05, 3.63) is 92.5 Å². The number of rotatable bonds is 9. The largest absolute Gasteiger partial charge is 0.350 e. The molecule has 0 bridgehead atoms. The molecular formula is C28H31BrIN3O4S. The van der Waals surface area contributed by atoms with Gasteiger partial charge >= 0.3 is 0 Å². The van der Waals surface area contributed by atoms with Crippen LogP contribution in [0.5, 0.6) is 0 Å². The molecule has 10 heteroatoms. The molecule has 0 saturated heterocycles. The first-order valence-electron chi connectivity index (χ1n) is 12.0. The zero-order valence-electron chi connectivity index (χ0n) is 21.7. The summed E-state index contributed by atoms with van der Waals surface area (Å²) in [6.45, 7) is 6.90. The molecule has 2 amide bonds. The fourth-order valence-electron chi connectivity index (χ4n) is 3.74. The van der Waals surface area contributed by atoms with Crippen LogP contribution in [0.4, 0.5) is 5.69 Å². The van der Waals surface area contributed by atoms with Gasteiger partial charge in [-0.05, 0) is 104 Å². The van der Waals surface area contributed by atoms with Crippen LogP contribution in [0.3, 0.4) is 0 Å². The first-order chi connectivity index (χ1) is 17.8. The molecule has 3 aromatic carbocycles. The summed E-state index contributed by atoms with van der Waals surface area (Å²) in [5.74, 6) is -0.827. The third-order valence-corrected chi connectivity index (χ3v) is 8.63. The average Bonchev–Trinajstić information content (AvgIpc) is 2.85. The van der Waals surface area contributed by atoms with Crippen molar-refractivity contribution in [2.75, 3.05) is 10.8 Å². The SMILES string of the molecule is C[C@H](C(=O)NC(C)(C)C)N(Cc1cccc(Br)c1)C(=O)CN(c1ccc(I)cc1)S(=O)(=O)c1ccccc1. The lowest BCUT2D eigenvalue weighted by molar-refractivity contribution is -0.140. The minimum absolute atomic E-state index is 0.0726. The number of hydrogen-bond donors (Lipinski definition) is 1. The number of nitrogens with one attached hydrogen (secondary N) is 1. The highest BCUT2D eigenvalue weighted by molar-refractivity contribution is 14.1. The lowest BCUT2D eigenvalue weighted by atomic mass is 10.1. The Morgan fingerprint density at radius 3 is 2.18 bits per heavy atom. The van der Waals surface area contributed by atoms with Crippen molar-refractivity contribution in [1.82, 2.24) is 10.2 Å². The Labute approximate surface area is 246 Å². The molecular weight excluding hydrogens is 681 g/mol. The topological polar surface area (TPSA) is 86.8 Å². The van der Waals surface area contributed by atoms with Gasteiger partial charge in [-0.15, -0.1) is 0 Å². The number of nitrogens with zero attached hydrogens (tertiary/aromatic N) is 2. The van der Waals surface area contributed by atoms with E-state index in [2.05, 4.69) is 43.8 Å². The highest BCUT2D eigenvalue weighted by Gasteiger charge is 2.33. The third kappa shape index (κ3) is 8.03. The van der Waals surface area contributed by atoms with E-state index in [1.807, 2.05) is 45.0 Å². The second-order valence-corrected chi connectivity index (χ2v) is 13.9. The molecule has 0 aliphatic heterocycles. The van der Waals surface area contributed by atoms with Crippen molar-refractivity contribution in [2.45, 2.75) is 50.7 Å². The summed E-state index contributed by atoms with van der Waals surface area (Å²) in [6, 6.07) is 21.5. The maximum Gasteiger partial charge on any atom is 0.264 e. The van der Waals surface area contributed by atoms with Gasteiger partial charge in [0, 0.05) is 20.1 Å². The second kappa shape index (κ2) is 12.6. The molecule has 0 fully saturated rings. The van der Waals surface area contributed by atoms with E-state index in [4.69, 9.17) is 0 Å². The van der Waals surface area contributed by atoms with Crippen LogP contribution in [0.2, 0.25) is 0 Å². The van der Waals surface area contributed by atoms with E-state index in [9.17, 15) is 18.0 Å². The van der Waals surface area contributed by atoms with Crippen molar-refractivity contribution >= 4 is 66.0 Å².